The quantitative estimate of drug-likeness (QED) is 0.0724. The molecule has 89 heavy (non-hydrogen) atoms. The van der Waals surface area contributed by atoms with Crippen LogP contribution in [0.25, 0.3) is 0 Å². The predicted octanol–water partition coefficient (Wildman–Crippen LogP) is -14.9. The number of hydrogen-bond donors (Lipinski definition) is 23. The van der Waals surface area contributed by atoms with E-state index >= 15 is 0 Å². The van der Waals surface area contributed by atoms with Crippen LogP contribution >= 0.6 is 23.5 Å². The molecule has 0 saturated carbocycles. The topological polar surface area (TPSA) is 640 Å². The van der Waals surface area contributed by atoms with Gasteiger partial charge in [0.05, 0.1) is 45.2 Å². The second-order valence-corrected chi connectivity index (χ2v) is 24.4. The fourth-order valence-electron chi connectivity index (χ4n) is 11.2. The van der Waals surface area contributed by atoms with Gasteiger partial charge in [0, 0.05) is 23.0 Å². The van der Waals surface area contributed by atoms with Gasteiger partial charge in [-0.2, -0.15) is 23.5 Å². The fraction of sp³-hybridized carbons (Fsp3) is 0.958. The number of aliphatic carboxylic acids is 2. The van der Waals surface area contributed by atoms with Crippen LogP contribution in [0.3, 0.4) is 0 Å². The van der Waals surface area contributed by atoms with Crippen LogP contribution in [-0.2, 0) is 75.9 Å². The van der Waals surface area contributed by atoms with Crippen molar-refractivity contribution in [1.82, 2.24) is 0 Å². The van der Waals surface area contributed by atoms with Gasteiger partial charge in [-0.1, -0.05) is 0 Å². The standard InChI is InChI=1S/C48H80N2O37S2/c49-10(40(70)71)6-88-8-17-38-25(62)32(69)48(80-17)85-37-16(5-55)76-44(28(65)21(37)58)83-35-14(3-53)78-46(30(67)23(35)60)87-39-18(9-89-7-11(50)41(72)73)79-47(31(68)24(39)61)84-36-15(4-54)75-43(27(64)20(36)57)81-33-12(1-51)74-42(26(63)19(33)56)82-34-13(2-52)77-45(86-38)29(66)22(34)59/h10-39,42-48,51-69H,1-9,49-50H2,(H,70,71)(H,72,73)/t10-,11-,12?,13?,14?,15?,16?,17?,18?,19-,20-,21-,22-,23-,24-,25-,26?,27?,28?,29?,30?,31?,32?,33-,34-,35-,36+,37-,38-,39-,42-,43-,44+,45-,46+,47+,48-/m1/s1. The number of carbonyl (C=O) groups is 2. The van der Waals surface area contributed by atoms with Crippen LogP contribution in [0.1, 0.15) is 0 Å². The summed E-state index contributed by atoms with van der Waals surface area (Å²) in [5, 5.41) is 233. The van der Waals surface area contributed by atoms with Gasteiger partial charge in [0.2, 0.25) is 0 Å². The molecule has 0 amide bonds. The second-order valence-electron chi connectivity index (χ2n) is 22.3. The van der Waals surface area contributed by atoms with Gasteiger partial charge in [-0.3, -0.25) is 9.59 Å². The van der Waals surface area contributed by atoms with Crippen LogP contribution in [0.2, 0.25) is 0 Å². The molecule has 14 unspecified atom stereocenters. The Balaban J connectivity index is 1.11. The molecule has 0 aromatic rings. The van der Waals surface area contributed by atoms with Crippen LogP contribution in [0, 0.1) is 0 Å². The van der Waals surface area contributed by atoms with Crippen LogP contribution < -0.4 is 11.5 Å². The van der Waals surface area contributed by atoms with Gasteiger partial charge in [-0.25, -0.2) is 0 Å². The Bertz CT molecular complexity index is 2200. The fourth-order valence-corrected chi connectivity index (χ4v) is 13.2. The lowest BCUT2D eigenvalue weighted by Gasteiger charge is -2.50. The second kappa shape index (κ2) is 31.9. The first kappa shape index (κ1) is 73.1. The first-order chi connectivity index (χ1) is 42.2. The molecule has 21 aliphatic heterocycles. The van der Waals surface area contributed by atoms with E-state index in [4.69, 9.17) is 77.8 Å². The van der Waals surface area contributed by atoms with E-state index in [1.54, 1.807) is 0 Å². The first-order valence-corrected chi connectivity index (χ1v) is 30.4. The summed E-state index contributed by atoms with van der Waals surface area (Å²) in [4.78, 5) is 23.2. The normalized spacial score (nSPS) is 50.1. The first-order valence-electron chi connectivity index (χ1n) is 28.1. The van der Waals surface area contributed by atoms with E-state index in [0.717, 1.165) is 23.5 Å². The van der Waals surface area contributed by atoms with Crippen molar-refractivity contribution in [2.24, 2.45) is 11.5 Å². The molecule has 14 bridgehead atoms. The van der Waals surface area contributed by atoms with E-state index in [1.165, 1.54) is 0 Å². The minimum absolute atomic E-state index is 0.319. The summed E-state index contributed by atoms with van der Waals surface area (Å²) in [5.74, 6) is -4.26. The average Bonchev–Trinajstić information content (AvgIpc) is 0.983. The molecule has 21 fully saturated rings. The van der Waals surface area contributed by atoms with Gasteiger partial charge in [-0.05, 0) is 0 Å². The van der Waals surface area contributed by atoms with Crippen molar-refractivity contribution in [2.75, 3.05) is 56.0 Å². The summed E-state index contributed by atoms with van der Waals surface area (Å²) in [6, 6.07) is -2.94. The molecular formula is C48H80N2O37S2. The average molecular weight is 1340 g/mol. The van der Waals surface area contributed by atoms with Gasteiger partial charge >= 0.3 is 11.9 Å². The van der Waals surface area contributed by atoms with Gasteiger partial charge in [0.25, 0.3) is 0 Å². The molecule has 25 N–H and O–H groups in total. The summed E-state index contributed by atoms with van der Waals surface area (Å²) in [5.41, 5.74) is 11.4. The van der Waals surface area contributed by atoms with E-state index < -0.39 is 284 Å². The number of rotatable bonds is 15. The van der Waals surface area contributed by atoms with Crippen LogP contribution in [-0.4, -0.2) is 402 Å². The highest BCUT2D eigenvalue weighted by Crippen LogP contribution is 2.40. The molecule has 21 heterocycles. The molecule has 21 aliphatic rings. The zero-order valence-corrected chi connectivity index (χ0v) is 48.3. The van der Waals surface area contributed by atoms with Crippen LogP contribution in [0.15, 0.2) is 0 Å². The molecule has 0 aliphatic carbocycles. The number of aliphatic hydroxyl groups is 19. The highest BCUT2D eigenvalue weighted by atomic mass is 32.2. The van der Waals surface area contributed by atoms with E-state index in [-0.39, 0.29) is 11.5 Å². The van der Waals surface area contributed by atoms with Gasteiger partial charge in [-0.15, -0.1) is 0 Å². The molecule has 39 nitrogen and oxygen atoms in total. The number of aliphatic hydroxyl groups excluding tert-OH is 19. The number of hydrogen-bond acceptors (Lipinski definition) is 39. The number of thioether (sulfide) groups is 2. The molecule has 37 atom stereocenters. The number of nitrogens with two attached hydrogens (primary N) is 2. The number of ether oxygens (including phenoxy) is 14. The minimum Gasteiger partial charge on any atom is -0.480 e. The maximum atomic E-state index is 11.7. The molecular weight excluding hydrogens is 1260 g/mol. The lowest BCUT2D eigenvalue weighted by atomic mass is 9.95. The smallest absolute Gasteiger partial charge is 0.321 e. The lowest BCUT2D eigenvalue weighted by molar-refractivity contribution is -0.395. The third-order valence-electron chi connectivity index (χ3n) is 16.2. The molecule has 21 rings (SSSR count). The number of carboxylic acid groups (broad SMARTS) is 2. The van der Waals surface area contributed by atoms with E-state index in [9.17, 15) is 117 Å². The maximum absolute atomic E-state index is 11.7. The highest BCUT2D eigenvalue weighted by Gasteiger charge is 2.60. The predicted molar refractivity (Wildman–Crippen MR) is 280 cm³/mol. The van der Waals surface area contributed by atoms with Gasteiger partial charge < -0.3 is 185 Å². The van der Waals surface area contributed by atoms with E-state index in [0.29, 0.717) is 0 Å². The Kier molecular flexibility index (Phi) is 26.2. The zero-order valence-electron chi connectivity index (χ0n) is 46.6. The summed E-state index contributed by atoms with van der Waals surface area (Å²) in [7, 11) is 0. The molecule has 0 aromatic heterocycles. The number of carboxylic acids is 2. The van der Waals surface area contributed by atoms with Gasteiger partial charge in [0.1, 0.15) is 171 Å². The van der Waals surface area contributed by atoms with Crippen molar-refractivity contribution >= 4 is 35.5 Å². The van der Waals surface area contributed by atoms with Crippen molar-refractivity contribution in [3.8, 4) is 0 Å². The minimum atomic E-state index is -2.27. The Hall–Kier alpha value is -1.76. The largest absolute Gasteiger partial charge is 0.480 e. The molecule has 516 valence electrons. The zero-order chi connectivity index (χ0) is 65.2. The molecule has 21 saturated heterocycles. The summed E-state index contributed by atoms with van der Waals surface area (Å²) in [6.45, 7) is -5.43. The molecule has 0 radical (unpaired) electrons. The van der Waals surface area contributed by atoms with E-state index in [2.05, 4.69) is 0 Å². The Morgan fingerprint density at radius 2 is 0.438 bits per heavy atom. The van der Waals surface area contributed by atoms with E-state index in [1.807, 2.05) is 0 Å². The molecule has 0 spiro atoms. The summed E-state index contributed by atoms with van der Waals surface area (Å²) < 4.78 is 81.6. The molecule has 41 heteroatoms. The molecule has 0 aromatic carbocycles. The third kappa shape index (κ3) is 15.9. The SMILES string of the molecule is N[C@H](CSCC1O[C@@H]2O[C@@H]3C(CO)O[C@@H](O[C@@H]4C(CO)O[C@@H](O[C@@H]5C(CSC[C@@H](N)C(=O)O)O[C@@H](O[C@H]6C(CO)O[C@H](O[C@@H]7C(CO)O[C@H](O[C@@H]8C(CO)O[C@H](O[C@H]1[C@H](O)C2O)C(O)[C@H]8O)C(O)[C@H]7O)C(O)[C@H]6O)C(O)[C@H]5O)C(O)[C@H]4O)C(O)[C@H]3O)C(=O)O. The summed E-state index contributed by atoms with van der Waals surface area (Å²) >= 11 is 1.60. The van der Waals surface area contributed by atoms with Crippen molar-refractivity contribution in [1.29, 1.82) is 0 Å². The highest BCUT2D eigenvalue weighted by molar-refractivity contribution is 7.99. The van der Waals surface area contributed by atoms with Crippen molar-refractivity contribution < 1.29 is 183 Å². The van der Waals surface area contributed by atoms with Crippen molar-refractivity contribution in [3.05, 3.63) is 0 Å². The Morgan fingerprint density at radius 3 is 0.596 bits per heavy atom. The third-order valence-corrected chi connectivity index (χ3v) is 18.5. The van der Waals surface area contributed by atoms with Crippen LogP contribution in [0.5, 0.6) is 0 Å². The van der Waals surface area contributed by atoms with Crippen LogP contribution in [0.4, 0.5) is 0 Å². The Labute approximate surface area is 511 Å². The Morgan fingerprint density at radius 1 is 0.281 bits per heavy atom. The lowest BCUT2D eigenvalue weighted by Crippen LogP contribution is -2.68. The van der Waals surface area contributed by atoms with Crippen molar-refractivity contribution in [3.63, 3.8) is 0 Å². The monoisotopic (exact) mass is 1340 g/mol. The van der Waals surface area contributed by atoms with Gasteiger partial charge in [0.15, 0.2) is 44.0 Å². The maximum Gasteiger partial charge on any atom is 0.321 e. The summed E-state index contributed by atoms with van der Waals surface area (Å²) in [6.07, 6.45) is -71.4. The van der Waals surface area contributed by atoms with Crippen molar-refractivity contribution in [2.45, 2.75) is 227 Å².